The number of hydrogen-bond donors (Lipinski definition) is 2. The number of anilines is 1. The topological polar surface area (TPSA) is 73.1 Å². The van der Waals surface area contributed by atoms with E-state index in [1.165, 1.54) is 12.8 Å². The highest BCUT2D eigenvalue weighted by molar-refractivity contribution is 5.32. The van der Waals surface area contributed by atoms with Crippen molar-refractivity contribution in [3.63, 3.8) is 0 Å². The Morgan fingerprint density at radius 3 is 2.50 bits per heavy atom. The Morgan fingerprint density at radius 1 is 1.38 bits per heavy atom. The summed E-state index contributed by atoms with van der Waals surface area (Å²) in [6.45, 7) is 0.627. The standard InChI is InChI=1S/C11H18N4O/c1-16-9-6-13-10(14-7-9)15-11(8-12)4-2-3-5-11/h6-7H,2-5,8,12H2,1H3,(H,13,14,15). The van der Waals surface area contributed by atoms with E-state index in [2.05, 4.69) is 15.3 Å². The van der Waals surface area contributed by atoms with E-state index in [1.807, 2.05) is 0 Å². The molecule has 1 aliphatic carbocycles. The molecule has 2 rings (SSSR count). The zero-order chi connectivity index (χ0) is 11.4. The van der Waals surface area contributed by atoms with Gasteiger partial charge < -0.3 is 15.8 Å². The van der Waals surface area contributed by atoms with Crippen LogP contribution in [0.4, 0.5) is 5.95 Å². The third-order valence-electron chi connectivity index (χ3n) is 3.19. The smallest absolute Gasteiger partial charge is 0.223 e. The molecule has 1 aliphatic rings. The van der Waals surface area contributed by atoms with Gasteiger partial charge in [-0.05, 0) is 12.8 Å². The van der Waals surface area contributed by atoms with Gasteiger partial charge in [0.05, 0.1) is 25.0 Å². The van der Waals surface area contributed by atoms with Crippen molar-refractivity contribution in [2.75, 3.05) is 19.0 Å². The number of nitrogens with two attached hydrogens (primary N) is 1. The summed E-state index contributed by atoms with van der Waals surface area (Å²) in [6, 6.07) is 0. The van der Waals surface area contributed by atoms with Crippen LogP contribution in [0.25, 0.3) is 0 Å². The lowest BCUT2D eigenvalue weighted by molar-refractivity contribution is 0.410. The van der Waals surface area contributed by atoms with E-state index in [1.54, 1.807) is 19.5 Å². The molecule has 0 atom stereocenters. The summed E-state index contributed by atoms with van der Waals surface area (Å²) in [4.78, 5) is 8.41. The zero-order valence-electron chi connectivity index (χ0n) is 9.57. The molecule has 3 N–H and O–H groups in total. The SMILES string of the molecule is COc1cnc(NC2(CN)CCCC2)nc1. The van der Waals surface area contributed by atoms with Crippen LogP contribution in [-0.4, -0.2) is 29.2 Å². The van der Waals surface area contributed by atoms with Crippen molar-refractivity contribution >= 4 is 5.95 Å². The highest BCUT2D eigenvalue weighted by atomic mass is 16.5. The summed E-state index contributed by atoms with van der Waals surface area (Å²) in [5, 5.41) is 3.35. The Balaban J connectivity index is 2.07. The fraction of sp³-hybridized carbons (Fsp3) is 0.636. The van der Waals surface area contributed by atoms with Crippen molar-refractivity contribution in [1.29, 1.82) is 0 Å². The molecule has 16 heavy (non-hydrogen) atoms. The Labute approximate surface area is 95.4 Å². The minimum atomic E-state index is -0.00537. The van der Waals surface area contributed by atoms with Gasteiger partial charge in [-0.3, -0.25) is 0 Å². The molecule has 5 nitrogen and oxygen atoms in total. The first kappa shape index (κ1) is 11.1. The molecule has 0 unspecified atom stereocenters. The van der Waals surface area contributed by atoms with Crippen LogP contribution >= 0.6 is 0 Å². The molecule has 0 radical (unpaired) electrons. The number of aromatic nitrogens is 2. The van der Waals surface area contributed by atoms with E-state index in [9.17, 15) is 0 Å². The minimum absolute atomic E-state index is 0.00537. The predicted octanol–water partition coefficient (Wildman–Crippen LogP) is 1.17. The van der Waals surface area contributed by atoms with Gasteiger partial charge in [0, 0.05) is 6.54 Å². The Kier molecular flexibility index (Phi) is 3.24. The lowest BCUT2D eigenvalue weighted by Crippen LogP contribution is -2.43. The lowest BCUT2D eigenvalue weighted by atomic mass is 9.98. The average molecular weight is 222 g/mol. The van der Waals surface area contributed by atoms with Gasteiger partial charge in [-0.25, -0.2) is 9.97 Å². The molecule has 5 heteroatoms. The Hall–Kier alpha value is -1.36. The van der Waals surface area contributed by atoms with Crippen molar-refractivity contribution in [2.45, 2.75) is 31.2 Å². The van der Waals surface area contributed by atoms with Gasteiger partial charge in [0.25, 0.3) is 0 Å². The summed E-state index contributed by atoms with van der Waals surface area (Å²) in [5.74, 6) is 1.30. The predicted molar refractivity (Wildman–Crippen MR) is 62.5 cm³/mol. The first-order chi connectivity index (χ1) is 7.78. The van der Waals surface area contributed by atoms with Crippen LogP contribution in [0.3, 0.4) is 0 Å². The number of methoxy groups -OCH3 is 1. The van der Waals surface area contributed by atoms with E-state index < -0.39 is 0 Å². The minimum Gasteiger partial charge on any atom is -0.494 e. The highest BCUT2D eigenvalue weighted by Gasteiger charge is 2.32. The third-order valence-corrected chi connectivity index (χ3v) is 3.19. The highest BCUT2D eigenvalue weighted by Crippen LogP contribution is 2.31. The molecular weight excluding hydrogens is 204 g/mol. The number of hydrogen-bond acceptors (Lipinski definition) is 5. The van der Waals surface area contributed by atoms with E-state index in [0.29, 0.717) is 18.2 Å². The van der Waals surface area contributed by atoms with Crippen LogP contribution in [-0.2, 0) is 0 Å². The van der Waals surface area contributed by atoms with E-state index in [-0.39, 0.29) is 5.54 Å². The van der Waals surface area contributed by atoms with E-state index in [4.69, 9.17) is 10.5 Å². The van der Waals surface area contributed by atoms with E-state index >= 15 is 0 Å². The quantitative estimate of drug-likeness (QED) is 0.800. The molecule has 0 bridgehead atoms. The van der Waals surface area contributed by atoms with Crippen LogP contribution in [0.15, 0.2) is 12.4 Å². The summed E-state index contributed by atoms with van der Waals surface area (Å²) in [6.07, 6.45) is 7.96. The molecule has 1 aromatic heterocycles. The molecule has 88 valence electrons. The molecule has 0 saturated heterocycles. The fourth-order valence-electron chi connectivity index (χ4n) is 2.16. The number of nitrogens with one attached hydrogen (secondary N) is 1. The van der Waals surface area contributed by atoms with Gasteiger partial charge in [-0.2, -0.15) is 0 Å². The molecule has 0 aromatic carbocycles. The normalized spacial score (nSPS) is 18.4. The molecular formula is C11H18N4O. The van der Waals surface area contributed by atoms with Crippen molar-refractivity contribution in [3.05, 3.63) is 12.4 Å². The molecule has 1 saturated carbocycles. The molecule has 0 spiro atoms. The Bertz CT molecular complexity index is 332. The first-order valence-electron chi connectivity index (χ1n) is 5.62. The van der Waals surface area contributed by atoms with E-state index in [0.717, 1.165) is 12.8 Å². The number of nitrogens with zero attached hydrogens (tertiary/aromatic N) is 2. The molecule has 1 fully saturated rings. The fourth-order valence-corrected chi connectivity index (χ4v) is 2.16. The maximum atomic E-state index is 5.83. The van der Waals surface area contributed by atoms with Crippen LogP contribution in [0.5, 0.6) is 5.75 Å². The van der Waals surface area contributed by atoms with Gasteiger partial charge in [-0.1, -0.05) is 12.8 Å². The van der Waals surface area contributed by atoms with Crippen molar-refractivity contribution in [2.24, 2.45) is 5.73 Å². The zero-order valence-corrected chi connectivity index (χ0v) is 9.57. The summed E-state index contributed by atoms with van der Waals surface area (Å²) in [7, 11) is 1.60. The molecule has 1 heterocycles. The van der Waals surface area contributed by atoms with Gasteiger partial charge in [-0.15, -0.1) is 0 Å². The second kappa shape index (κ2) is 4.65. The van der Waals surface area contributed by atoms with Crippen LogP contribution in [0.2, 0.25) is 0 Å². The largest absolute Gasteiger partial charge is 0.494 e. The molecule has 0 aliphatic heterocycles. The second-order valence-electron chi connectivity index (χ2n) is 4.26. The molecule has 0 amide bonds. The van der Waals surface area contributed by atoms with Gasteiger partial charge in [0.2, 0.25) is 5.95 Å². The van der Waals surface area contributed by atoms with Crippen LogP contribution in [0.1, 0.15) is 25.7 Å². The first-order valence-corrected chi connectivity index (χ1v) is 5.62. The van der Waals surface area contributed by atoms with Gasteiger partial charge in [0.1, 0.15) is 0 Å². The Morgan fingerprint density at radius 2 is 2.00 bits per heavy atom. The van der Waals surface area contributed by atoms with Crippen molar-refractivity contribution in [1.82, 2.24) is 9.97 Å². The summed E-state index contributed by atoms with van der Waals surface area (Å²) < 4.78 is 5.01. The van der Waals surface area contributed by atoms with Crippen molar-refractivity contribution in [3.8, 4) is 5.75 Å². The monoisotopic (exact) mass is 222 g/mol. The lowest BCUT2D eigenvalue weighted by Gasteiger charge is -2.28. The number of ether oxygens (including phenoxy) is 1. The number of rotatable bonds is 4. The second-order valence-corrected chi connectivity index (χ2v) is 4.26. The maximum Gasteiger partial charge on any atom is 0.223 e. The van der Waals surface area contributed by atoms with Crippen LogP contribution < -0.4 is 15.8 Å². The summed E-state index contributed by atoms with van der Waals surface area (Å²) >= 11 is 0. The van der Waals surface area contributed by atoms with Crippen molar-refractivity contribution < 1.29 is 4.74 Å². The summed E-state index contributed by atoms with van der Waals surface area (Å²) in [5.41, 5.74) is 5.82. The average Bonchev–Trinajstić information content (AvgIpc) is 2.79. The van der Waals surface area contributed by atoms with Crippen LogP contribution in [0, 0.1) is 0 Å². The van der Waals surface area contributed by atoms with Gasteiger partial charge in [0.15, 0.2) is 5.75 Å². The third kappa shape index (κ3) is 2.24. The van der Waals surface area contributed by atoms with Gasteiger partial charge >= 0.3 is 0 Å². The molecule has 1 aromatic rings. The maximum absolute atomic E-state index is 5.83.